The minimum Gasteiger partial charge on any atom is -0.406 e. The van der Waals surface area contributed by atoms with E-state index in [9.17, 15) is 27.6 Å². The number of carbonyl (C=O) groups excluding carboxylic acids is 3. The number of nitrogens with zero attached hydrogens (tertiary/aromatic N) is 6. The molecule has 4 aromatic carbocycles. The van der Waals surface area contributed by atoms with Gasteiger partial charge >= 0.3 is 6.36 Å². The number of para-hydroxylation sites is 2. The minimum absolute atomic E-state index is 0.0719. The number of likely N-dealkylation sites (tertiary alicyclic amines) is 1. The Morgan fingerprint density at radius 2 is 1.45 bits per heavy atom. The molecule has 2 aliphatic heterocycles. The van der Waals surface area contributed by atoms with Crippen LogP contribution < -0.4 is 10.1 Å². The maximum atomic E-state index is 13.8. The zero-order valence-corrected chi connectivity index (χ0v) is 28.4. The van der Waals surface area contributed by atoms with Gasteiger partial charge in [0.05, 0.1) is 18.8 Å². The van der Waals surface area contributed by atoms with Crippen LogP contribution in [0.5, 0.6) is 5.75 Å². The first kappa shape index (κ1) is 33.9. The fraction of sp³-hybridized carbons (Fsp3) is 0.256. The van der Waals surface area contributed by atoms with Crippen LogP contribution in [0.1, 0.15) is 56.9 Å². The number of nitrogens with one attached hydrogen (secondary N) is 1. The Balaban J connectivity index is 0.924. The zero-order valence-electron chi connectivity index (χ0n) is 28.4. The second-order valence-electron chi connectivity index (χ2n) is 13.2. The molecule has 2 saturated heterocycles. The van der Waals surface area contributed by atoms with E-state index in [1.54, 1.807) is 23.1 Å². The Labute approximate surface area is 301 Å². The molecule has 2 aromatic heterocycles. The van der Waals surface area contributed by atoms with Gasteiger partial charge in [-0.05, 0) is 60.9 Å². The molecule has 1 unspecified atom stereocenters. The lowest BCUT2D eigenvalue weighted by Crippen LogP contribution is -2.52. The molecule has 3 amide bonds. The van der Waals surface area contributed by atoms with Crippen molar-refractivity contribution >= 4 is 39.5 Å². The quantitative estimate of drug-likeness (QED) is 0.213. The van der Waals surface area contributed by atoms with E-state index in [-0.39, 0.29) is 30.6 Å². The van der Waals surface area contributed by atoms with Crippen LogP contribution in [0.15, 0.2) is 103 Å². The summed E-state index contributed by atoms with van der Waals surface area (Å²) in [6.07, 6.45) is -1.51. The average Bonchev–Trinajstić information content (AvgIpc) is 3.77. The number of ether oxygens (including phenoxy) is 1. The van der Waals surface area contributed by atoms with E-state index in [2.05, 4.69) is 49.2 Å². The molecule has 0 aliphatic carbocycles. The molecule has 1 N–H and O–H groups in total. The number of carbonyl (C=O) groups is 3. The number of fused-ring (bicyclic) bond motifs is 3. The van der Waals surface area contributed by atoms with E-state index < -0.39 is 30.0 Å². The third kappa shape index (κ3) is 6.79. The molecule has 4 heterocycles. The number of benzene rings is 4. The van der Waals surface area contributed by atoms with Gasteiger partial charge < -0.3 is 24.4 Å². The maximum absolute atomic E-state index is 13.8. The van der Waals surface area contributed by atoms with Gasteiger partial charge in [-0.15, -0.1) is 18.3 Å². The normalized spacial score (nSPS) is 17.0. The SMILES string of the molecule is O=C1NCCN(C(=O)c2cccc(C(=O)N3CCC(n4cc(Cn5c6ccccc6c6ccccc65)nn4)CC3)c2)C1c1ccc(OC(F)(F)F)cc1. The molecular formula is C39H34F3N7O4. The molecule has 53 heavy (non-hydrogen) atoms. The van der Waals surface area contributed by atoms with Gasteiger partial charge in [-0.1, -0.05) is 59.8 Å². The molecule has 2 fully saturated rings. The Morgan fingerprint density at radius 3 is 2.11 bits per heavy atom. The number of alkyl halides is 3. The van der Waals surface area contributed by atoms with E-state index in [1.165, 1.54) is 33.9 Å². The lowest BCUT2D eigenvalue weighted by Gasteiger charge is -2.35. The number of halogens is 3. The van der Waals surface area contributed by atoms with Gasteiger partial charge in [-0.3, -0.25) is 14.4 Å². The van der Waals surface area contributed by atoms with Crippen molar-refractivity contribution in [3.8, 4) is 5.75 Å². The first-order chi connectivity index (χ1) is 25.6. The highest BCUT2D eigenvalue weighted by molar-refractivity contribution is 6.08. The van der Waals surface area contributed by atoms with Crippen molar-refractivity contribution in [1.82, 2.24) is 34.7 Å². The Morgan fingerprint density at radius 1 is 0.811 bits per heavy atom. The van der Waals surface area contributed by atoms with E-state index in [0.29, 0.717) is 43.6 Å². The van der Waals surface area contributed by atoms with Gasteiger partial charge in [0.1, 0.15) is 17.5 Å². The molecule has 0 spiro atoms. The Bertz CT molecular complexity index is 2270. The second-order valence-corrected chi connectivity index (χ2v) is 13.2. The van der Waals surface area contributed by atoms with Gasteiger partial charge in [0, 0.05) is 59.1 Å². The predicted octanol–water partition coefficient (Wildman–Crippen LogP) is 6.12. The highest BCUT2D eigenvalue weighted by Gasteiger charge is 2.36. The van der Waals surface area contributed by atoms with Gasteiger partial charge in [0.2, 0.25) is 5.91 Å². The number of piperidine rings is 1. The molecule has 0 bridgehead atoms. The van der Waals surface area contributed by atoms with Gasteiger partial charge in [-0.2, -0.15) is 0 Å². The van der Waals surface area contributed by atoms with Crippen LogP contribution in [0.3, 0.4) is 0 Å². The number of aromatic nitrogens is 4. The zero-order chi connectivity index (χ0) is 36.7. The van der Waals surface area contributed by atoms with Crippen molar-refractivity contribution in [2.45, 2.75) is 37.8 Å². The third-order valence-corrected chi connectivity index (χ3v) is 9.94. The lowest BCUT2D eigenvalue weighted by atomic mass is 10.00. The van der Waals surface area contributed by atoms with Crippen molar-refractivity contribution in [1.29, 1.82) is 0 Å². The molecule has 0 saturated carbocycles. The van der Waals surface area contributed by atoms with Crippen molar-refractivity contribution in [2.75, 3.05) is 26.2 Å². The highest BCUT2D eigenvalue weighted by atomic mass is 19.4. The summed E-state index contributed by atoms with van der Waals surface area (Å²) in [7, 11) is 0. The van der Waals surface area contributed by atoms with Crippen LogP contribution in [-0.4, -0.2) is 79.6 Å². The molecular weight excluding hydrogens is 687 g/mol. The van der Waals surface area contributed by atoms with Crippen LogP contribution in [0.25, 0.3) is 21.8 Å². The summed E-state index contributed by atoms with van der Waals surface area (Å²) in [4.78, 5) is 43.5. The maximum Gasteiger partial charge on any atom is 0.573 e. The monoisotopic (exact) mass is 721 g/mol. The summed E-state index contributed by atoms with van der Waals surface area (Å²) in [5, 5.41) is 14.1. The van der Waals surface area contributed by atoms with Crippen LogP contribution in [0.2, 0.25) is 0 Å². The smallest absolute Gasteiger partial charge is 0.406 e. The van der Waals surface area contributed by atoms with Crippen molar-refractivity contribution in [3.05, 3.63) is 126 Å². The van der Waals surface area contributed by atoms with E-state index in [0.717, 1.165) is 28.9 Å². The number of amides is 3. The summed E-state index contributed by atoms with van der Waals surface area (Å²) < 4.78 is 46.1. The van der Waals surface area contributed by atoms with Crippen LogP contribution in [-0.2, 0) is 11.3 Å². The number of hydrogen-bond acceptors (Lipinski definition) is 6. The Hall–Kier alpha value is -6.18. The second kappa shape index (κ2) is 13.7. The molecule has 14 heteroatoms. The Kier molecular flexibility index (Phi) is 8.80. The predicted molar refractivity (Wildman–Crippen MR) is 189 cm³/mol. The summed E-state index contributed by atoms with van der Waals surface area (Å²) >= 11 is 0. The van der Waals surface area contributed by atoms with Gasteiger partial charge in [0.25, 0.3) is 11.8 Å². The van der Waals surface area contributed by atoms with E-state index in [4.69, 9.17) is 0 Å². The molecule has 270 valence electrons. The fourth-order valence-corrected chi connectivity index (χ4v) is 7.44. The molecule has 8 rings (SSSR count). The summed E-state index contributed by atoms with van der Waals surface area (Å²) in [6, 6.07) is 26.9. The molecule has 11 nitrogen and oxygen atoms in total. The fourth-order valence-electron chi connectivity index (χ4n) is 7.44. The molecule has 2 aliphatic rings. The molecule has 6 aromatic rings. The van der Waals surface area contributed by atoms with Crippen molar-refractivity contribution < 1.29 is 32.3 Å². The first-order valence-electron chi connectivity index (χ1n) is 17.3. The van der Waals surface area contributed by atoms with Gasteiger partial charge in [-0.25, -0.2) is 4.68 Å². The van der Waals surface area contributed by atoms with Crippen molar-refractivity contribution in [2.24, 2.45) is 0 Å². The number of piperazine rings is 1. The van der Waals surface area contributed by atoms with Crippen LogP contribution in [0, 0.1) is 0 Å². The van der Waals surface area contributed by atoms with Crippen LogP contribution >= 0.6 is 0 Å². The molecule has 1 atom stereocenters. The lowest BCUT2D eigenvalue weighted by molar-refractivity contribution is -0.274. The average molecular weight is 722 g/mol. The highest BCUT2D eigenvalue weighted by Crippen LogP contribution is 2.31. The molecule has 0 radical (unpaired) electrons. The summed E-state index contributed by atoms with van der Waals surface area (Å²) in [5.74, 6) is -1.59. The van der Waals surface area contributed by atoms with Crippen molar-refractivity contribution in [3.63, 3.8) is 0 Å². The summed E-state index contributed by atoms with van der Waals surface area (Å²) in [6.45, 7) is 1.94. The van der Waals surface area contributed by atoms with Gasteiger partial charge in [0.15, 0.2) is 0 Å². The standard InChI is InChI=1S/C39H34F3N7O4/c40-39(41,42)53-30-14-12-25(13-15-30)35-36(50)43-18-21-47(35)38(52)27-7-5-6-26(22-27)37(51)46-19-16-29(17-20-46)49-24-28(44-45-49)23-48-33-10-3-1-8-31(33)32-9-2-4-11-34(32)48/h1-15,22,24,29,35H,16-21,23H2,(H,43,50). The number of rotatable bonds is 7. The number of hydrogen-bond donors (Lipinski definition) is 1. The van der Waals surface area contributed by atoms with Crippen LogP contribution in [0.4, 0.5) is 13.2 Å². The largest absolute Gasteiger partial charge is 0.573 e. The third-order valence-electron chi connectivity index (χ3n) is 9.94. The van der Waals surface area contributed by atoms with E-state index >= 15 is 0 Å². The first-order valence-corrected chi connectivity index (χ1v) is 17.3. The van der Waals surface area contributed by atoms with E-state index in [1.807, 2.05) is 35.1 Å². The summed E-state index contributed by atoms with van der Waals surface area (Å²) in [5.41, 5.74) is 4.00. The minimum atomic E-state index is -4.86. The topological polar surface area (TPSA) is 115 Å².